The molecule has 0 aliphatic rings. The molecule has 0 unspecified atom stereocenters. The van der Waals surface area contributed by atoms with Gasteiger partial charge in [0.1, 0.15) is 15.3 Å². The van der Waals surface area contributed by atoms with Crippen LogP contribution in [0.4, 0.5) is 0 Å². The first-order chi connectivity index (χ1) is 4.52. The molecule has 0 radical (unpaired) electrons. The van der Waals surface area contributed by atoms with E-state index in [-0.39, 0.29) is 24.0 Å². The molecule has 4 nitrogen and oxygen atoms in total. The molecule has 1 aromatic rings. The van der Waals surface area contributed by atoms with Crippen molar-refractivity contribution in [2.75, 3.05) is 0 Å². The fraction of sp³-hybridized carbons (Fsp3) is 0. The van der Waals surface area contributed by atoms with Gasteiger partial charge in [-0.3, -0.25) is 0 Å². The number of H-pyrrole nitrogens is 1. The largest absolute Gasteiger partial charge is 1.00 e. The number of hydrogen-bond acceptors (Lipinski definition) is 3. The molecule has 0 spiro atoms. The molecular weight excluding hydrogens is 185 g/mol. The third-order valence-electron chi connectivity index (χ3n) is 0.930. The number of halogens is 1. The SMILES string of the molecule is O=S(=O)([O-])c1cc[nH]c1Cl.[Li+]. The molecule has 0 atom stereocenters. The van der Waals surface area contributed by atoms with Crippen LogP contribution in [0.15, 0.2) is 17.2 Å². The van der Waals surface area contributed by atoms with Crippen LogP contribution < -0.4 is 18.9 Å². The average Bonchev–Trinajstić information content (AvgIpc) is 2.11. The molecule has 7 heteroatoms. The van der Waals surface area contributed by atoms with Gasteiger partial charge in [0.15, 0.2) is 0 Å². The van der Waals surface area contributed by atoms with Crippen molar-refractivity contribution in [3.63, 3.8) is 0 Å². The monoisotopic (exact) mass is 187 g/mol. The number of aromatic nitrogens is 1. The van der Waals surface area contributed by atoms with Crippen molar-refractivity contribution >= 4 is 21.7 Å². The number of hydrogen-bond donors (Lipinski definition) is 1. The Hall–Kier alpha value is 0.0774. The zero-order valence-corrected chi connectivity index (χ0v) is 7.24. The summed E-state index contributed by atoms with van der Waals surface area (Å²) < 4.78 is 30.8. The van der Waals surface area contributed by atoms with E-state index in [0.29, 0.717) is 0 Å². The van der Waals surface area contributed by atoms with Crippen molar-refractivity contribution in [3.8, 4) is 0 Å². The summed E-state index contributed by atoms with van der Waals surface area (Å²) in [4.78, 5) is 1.95. The third kappa shape index (κ3) is 2.54. The van der Waals surface area contributed by atoms with Crippen molar-refractivity contribution in [1.82, 2.24) is 4.98 Å². The van der Waals surface area contributed by atoms with E-state index in [2.05, 4.69) is 4.98 Å². The fourth-order valence-corrected chi connectivity index (χ4v) is 1.45. The minimum absolute atomic E-state index is 0. The van der Waals surface area contributed by atoms with Gasteiger partial charge in [-0.15, -0.1) is 0 Å². The average molecular weight is 188 g/mol. The first kappa shape index (κ1) is 11.1. The Morgan fingerprint density at radius 2 is 2.09 bits per heavy atom. The second kappa shape index (κ2) is 3.65. The van der Waals surface area contributed by atoms with Gasteiger partial charge < -0.3 is 9.54 Å². The van der Waals surface area contributed by atoms with E-state index >= 15 is 0 Å². The first-order valence-corrected chi connectivity index (χ1v) is 4.09. The normalized spacial score (nSPS) is 10.7. The quantitative estimate of drug-likeness (QED) is 0.393. The van der Waals surface area contributed by atoms with Crippen LogP contribution in [0.1, 0.15) is 0 Å². The second-order valence-corrected chi connectivity index (χ2v) is 3.34. The number of rotatable bonds is 1. The van der Waals surface area contributed by atoms with Crippen molar-refractivity contribution in [3.05, 3.63) is 17.4 Å². The van der Waals surface area contributed by atoms with Gasteiger partial charge >= 0.3 is 18.9 Å². The molecule has 1 rings (SSSR count). The molecule has 1 N–H and O–H groups in total. The van der Waals surface area contributed by atoms with Gasteiger partial charge in [0.25, 0.3) is 0 Å². The Kier molecular flexibility index (Phi) is 3.68. The zero-order valence-electron chi connectivity index (χ0n) is 5.67. The summed E-state index contributed by atoms with van der Waals surface area (Å²) in [5, 5.41) is -0.144. The van der Waals surface area contributed by atoms with Gasteiger partial charge in [0.2, 0.25) is 0 Å². The minimum Gasteiger partial charge on any atom is -0.744 e. The maximum absolute atomic E-state index is 10.3. The third-order valence-corrected chi connectivity index (χ3v) is 2.23. The summed E-state index contributed by atoms with van der Waals surface area (Å²) in [7, 11) is -4.40. The predicted molar refractivity (Wildman–Crippen MR) is 33.8 cm³/mol. The second-order valence-electron chi connectivity index (χ2n) is 1.61. The Bertz CT molecular complexity index is 333. The van der Waals surface area contributed by atoms with Crippen molar-refractivity contribution in [1.29, 1.82) is 0 Å². The van der Waals surface area contributed by atoms with Crippen molar-refractivity contribution in [2.24, 2.45) is 0 Å². The predicted octanol–water partition coefficient (Wildman–Crippen LogP) is -2.42. The first-order valence-electron chi connectivity index (χ1n) is 2.30. The Morgan fingerprint density at radius 1 is 1.55 bits per heavy atom. The molecular formula is C4H3ClLiNO3S. The zero-order chi connectivity index (χ0) is 7.78. The molecule has 0 saturated carbocycles. The van der Waals surface area contributed by atoms with E-state index in [0.717, 1.165) is 6.07 Å². The topological polar surface area (TPSA) is 73.0 Å². The smallest absolute Gasteiger partial charge is 0.744 e. The Labute approximate surface area is 80.9 Å². The molecule has 0 fully saturated rings. The molecule has 56 valence electrons. The van der Waals surface area contributed by atoms with Crippen LogP contribution in [0.3, 0.4) is 0 Å². The van der Waals surface area contributed by atoms with Gasteiger partial charge in [-0.1, -0.05) is 11.6 Å². The molecule has 0 amide bonds. The van der Waals surface area contributed by atoms with Crippen LogP contribution in [0.5, 0.6) is 0 Å². The van der Waals surface area contributed by atoms with Gasteiger partial charge in [-0.25, -0.2) is 8.42 Å². The van der Waals surface area contributed by atoms with Crippen LogP contribution in [0, 0.1) is 0 Å². The molecule has 0 aromatic carbocycles. The molecule has 0 saturated heterocycles. The van der Waals surface area contributed by atoms with E-state index in [9.17, 15) is 13.0 Å². The molecule has 11 heavy (non-hydrogen) atoms. The summed E-state index contributed by atoms with van der Waals surface area (Å²) in [5.41, 5.74) is 0. The molecule has 1 aromatic heterocycles. The standard InChI is InChI=1S/C4H4ClNO3S.Li/c5-4-3(1-2-6-4)10(7,8)9;/h1-2,6H,(H,7,8,9);/q;+1/p-1. The van der Waals surface area contributed by atoms with Crippen LogP contribution in [-0.4, -0.2) is 18.0 Å². The van der Waals surface area contributed by atoms with E-state index in [4.69, 9.17) is 11.6 Å². The maximum Gasteiger partial charge on any atom is 1.00 e. The summed E-state index contributed by atoms with van der Waals surface area (Å²) in [6.45, 7) is 0. The van der Waals surface area contributed by atoms with Crippen LogP contribution in [0.25, 0.3) is 0 Å². The molecule has 0 aliphatic carbocycles. The Balaban J connectivity index is 0.000001000. The van der Waals surface area contributed by atoms with Crippen molar-refractivity contribution in [2.45, 2.75) is 4.90 Å². The molecule has 0 aliphatic heterocycles. The summed E-state index contributed by atoms with van der Waals surface area (Å²) in [6, 6.07) is 1.12. The maximum atomic E-state index is 10.3. The van der Waals surface area contributed by atoms with E-state index < -0.39 is 15.0 Å². The van der Waals surface area contributed by atoms with Crippen LogP contribution >= 0.6 is 11.6 Å². The summed E-state index contributed by atoms with van der Waals surface area (Å²) in [5.74, 6) is 0. The Morgan fingerprint density at radius 3 is 2.27 bits per heavy atom. The van der Waals surface area contributed by atoms with Gasteiger partial charge in [-0.2, -0.15) is 0 Å². The van der Waals surface area contributed by atoms with Gasteiger partial charge in [0, 0.05) is 6.20 Å². The van der Waals surface area contributed by atoms with E-state index in [1.807, 2.05) is 0 Å². The fourth-order valence-electron chi connectivity index (χ4n) is 0.528. The van der Waals surface area contributed by atoms with E-state index in [1.165, 1.54) is 6.20 Å². The van der Waals surface area contributed by atoms with Gasteiger partial charge in [-0.05, 0) is 6.07 Å². The van der Waals surface area contributed by atoms with Gasteiger partial charge in [0.05, 0.1) is 4.90 Å². The minimum atomic E-state index is -4.40. The number of nitrogens with one attached hydrogen (secondary N) is 1. The van der Waals surface area contributed by atoms with E-state index in [1.54, 1.807) is 0 Å². The number of aromatic amines is 1. The summed E-state index contributed by atoms with van der Waals surface area (Å²) in [6.07, 6.45) is 1.28. The van der Waals surface area contributed by atoms with Crippen molar-refractivity contribution < 1.29 is 31.8 Å². The molecule has 0 bridgehead atoms. The molecule has 1 heterocycles. The summed E-state index contributed by atoms with van der Waals surface area (Å²) >= 11 is 5.29. The van der Waals surface area contributed by atoms with Crippen LogP contribution in [-0.2, 0) is 10.1 Å². The van der Waals surface area contributed by atoms with Crippen LogP contribution in [0.2, 0.25) is 5.15 Å².